The summed E-state index contributed by atoms with van der Waals surface area (Å²) in [5.41, 5.74) is 1.20. The van der Waals surface area contributed by atoms with Gasteiger partial charge in [0.15, 0.2) is 0 Å². The maximum absolute atomic E-state index is 5.71. The molecule has 2 nitrogen and oxygen atoms in total. The Kier molecular flexibility index (Phi) is 5.19. The highest BCUT2D eigenvalue weighted by molar-refractivity contribution is 5.31. The minimum absolute atomic E-state index is 0.765. The van der Waals surface area contributed by atoms with Crippen molar-refractivity contribution < 1.29 is 4.74 Å². The average Bonchev–Trinajstić information content (AvgIpc) is 2.21. The van der Waals surface area contributed by atoms with Crippen molar-refractivity contribution in [1.29, 1.82) is 0 Å². The number of hydrogen-bond donors (Lipinski definition) is 0. The highest BCUT2D eigenvalue weighted by Crippen LogP contribution is 2.15. The lowest BCUT2D eigenvalue weighted by Crippen LogP contribution is -2.25. The van der Waals surface area contributed by atoms with Gasteiger partial charge in [-0.3, -0.25) is 0 Å². The predicted octanol–water partition coefficient (Wildman–Crippen LogP) is 2.72. The van der Waals surface area contributed by atoms with E-state index in [1.165, 1.54) is 12.0 Å². The Bertz CT molecular complexity index is 286. The van der Waals surface area contributed by atoms with Gasteiger partial charge in [-0.25, -0.2) is 0 Å². The molecule has 0 aliphatic carbocycles. The highest BCUT2D eigenvalue weighted by atomic mass is 16.5. The number of aryl methyl sites for hydroxylation is 1. The van der Waals surface area contributed by atoms with E-state index in [4.69, 9.17) is 4.74 Å². The quantitative estimate of drug-likeness (QED) is 0.711. The van der Waals surface area contributed by atoms with Crippen molar-refractivity contribution in [3.05, 3.63) is 29.8 Å². The fraction of sp³-hybridized carbons (Fsp3) is 0.538. The molecule has 1 rings (SSSR count). The van der Waals surface area contributed by atoms with Gasteiger partial charge < -0.3 is 9.64 Å². The number of benzene rings is 1. The molecule has 0 amide bonds. The van der Waals surface area contributed by atoms with E-state index in [-0.39, 0.29) is 0 Å². The minimum atomic E-state index is 0.765. The van der Waals surface area contributed by atoms with Crippen molar-refractivity contribution in [2.45, 2.75) is 20.3 Å². The Labute approximate surface area is 92.9 Å². The normalized spacial score (nSPS) is 10.7. The van der Waals surface area contributed by atoms with Crippen LogP contribution in [-0.4, -0.2) is 31.6 Å². The number of nitrogens with zero attached hydrogens (tertiary/aromatic N) is 1. The first-order valence-electron chi connectivity index (χ1n) is 5.61. The zero-order chi connectivity index (χ0) is 11.1. The molecule has 1 aromatic carbocycles. The molecule has 0 N–H and O–H groups in total. The van der Waals surface area contributed by atoms with Crippen molar-refractivity contribution in [3.8, 4) is 5.75 Å². The molecule has 0 unspecified atom stereocenters. The summed E-state index contributed by atoms with van der Waals surface area (Å²) in [6.07, 6.45) is 1.20. The Morgan fingerprint density at radius 1 is 1.20 bits per heavy atom. The van der Waals surface area contributed by atoms with E-state index < -0.39 is 0 Å². The lowest BCUT2D eigenvalue weighted by molar-refractivity contribution is 0.237. The van der Waals surface area contributed by atoms with Crippen LogP contribution < -0.4 is 4.74 Å². The van der Waals surface area contributed by atoms with Gasteiger partial charge in [-0.15, -0.1) is 0 Å². The molecule has 0 radical (unpaired) electrons. The maximum Gasteiger partial charge on any atom is 0.122 e. The van der Waals surface area contributed by atoms with Crippen LogP contribution in [-0.2, 0) is 0 Å². The summed E-state index contributed by atoms with van der Waals surface area (Å²) in [6, 6.07) is 8.14. The minimum Gasteiger partial charge on any atom is -0.492 e. The second-order valence-corrected chi connectivity index (χ2v) is 3.92. The molecule has 0 spiro atoms. The molecule has 2 heteroatoms. The molecule has 0 heterocycles. The predicted molar refractivity (Wildman–Crippen MR) is 64.5 cm³/mol. The van der Waals surface area contributed by atoms with Crippen LogP contribution in [0.25, 0.3) is 0 Å². The van der Waals surface area contributed by atoms with Crippen LogP contribution in [0.3, 0.4) is 0 Å². The lowest BCUT2D eigenvalue weighted by atomic mass is 10.2. The molecular formula is C13H21NO. The maximum atomic E-state index is 5.71. The van der Waals surface area contributed by atoms with Gasteiger partial charge in [0, 0.05) is 6.54 Å². The summed E-state index contributed by atoms with van der Waals surface area (Å²) >= 11 is 0. The first-order valence-corrected chi connectivity index (χ1v) is 5.61. The molecule has 15 heavy (non-hydrogen) atoms. The van der Waals surface area contributed by atoms with Gasteiger partial charge in [0.25, 0.3) is 0 Å². The van der Waals surface area contributed by atoms with Crippen LogP contribution in [0.15, 0.2) is 24.3 Å². The van der Waals surface area contributed by atoms with E-state index in [2.05, 4.69) is 31.9 Å². The molecule has 0 aliphatic rings. The van der Waals surface area contributed by atoms with E-state index in [1.807, 2.05) is 18.2 Å². The third-order valence-electron chi connectivity index (χ3n) is 2.43. The Hall–Kier alpha value is -1.02. The Morgan fingerprint density at radius 2 is 1.93 bits per heavy atom. The van der Waals surface area contributed by atoms with Crippen LogP contribution in [0.4, 0.5) is 0 Å². The standard InChI is InChI=1S/C13H21NO/c1-4-9-14(3)10-11-15-13-8-6-5-7-12(13)2/h5-8H,4,9-11H2,1-3H3. The number of para-hydroxylation sites is 1. The summed E-state index contributed by atoms with van der Waals surface area (Å²) in [5.74, 6) is 1.00. The van der Waals surface area contributed by atoms with Crippen LogP contribution in [0, 0.1) is 6.92 Å². The van der Waals surface area contributed by atoms with Crippen molar-refractivity contribution in [2.24, 2.45) is 0 Å². The van der Waals surface area contributed by atoms with E-state index in [0.717, 1.165) is 25.4 Å². The van der Waals surface area contributed by atoms with E-state index in [1.54, 1.807) is 0 Å². The molecule has 1 aromatic rings. The van der Waals surface area contributed by atoms with Gasteiger partial charge in [-0.2, -0.15) is 0 Å². The third-order valence-corrected chi connectivity index (χ3v) is 2.43. The number of hydrogen-bond acceptors (Lipinski definition) is 2. The van der Waals surface area contributed by atoms with Crippen LogP contribution in [0.1, 0.15) is 18.9 Å². The van der Waals surface area contributed by atoms with Crippen molar-refractivity contribution >= 4 is 0 Å². The lowest BCUT2D eigenvalue weighted by Gasteiger charge is -2.16. The second-order valence-electron chi connectivity index (χ2n) is 3.92. The molecule has 0 aromatic heterocycles. The van der Waals surface area contributed by atoms with Crippen LogP contribution in [0.2, 0.25) is 0 Å². The monoisotopic (exact) mass is 207 g/mol. The highest BCUT2D eigenvalue weighted by Gasteiger charge is 1.99. The largest absolute Gasteiger partial charge is 0.492 e. The third kappa shape index (κ3) is 4.34. The summed E-state index contributed by atoms with van der Waals surface area (Å²) in [5, 5.41) is 0. The van der Waals surface area contributed by atoms with Crippen molar-refractivity contribution in [3.63, 3.8) is 0 Å². The topological polar surface area (TPSA) is 12.5 Å². The second kappa shape index (κ2) is 6.46. The Morgan fingerprint density at radius 3 is 2.60 bits per heavy atom. The first-order chi connectivity index (χ1) is 7.24. The van der Waals surface area contributed by atoms with Gasteiger partial charge >= 0.3 is 0 Å². The van der Waals surface area contributed by atoms with E-state index >= 15 is 0 Å². The summed E-state index contributed by atoms with van der Waals surface area (Å²) in [6.45, 7) is 7.16. The average molecular weight is 207 g/mol. The molecule has 0 fully saturated rings. The number of likely N-dealkylation sites (N-methyl/N-ethyl adjacent to an activating group) is 1. The molecule has 84 valence electrons. The van der Waals surface area contributed by atoms with Crippen LogP contribution in [0.5, 0.6) is 5.75 Å². The number of ether oxygens (including phenoxy) is 1. The summed E-state index contributed by atoms with van der Waals surface area (Å²) < 4.78 is 5.71. The Balaban J connectivity index is 2.29. The van der Waals surface area contributed by atoms with Gasteiger partial charge in [-0.1, -0.05) is 25.1 Å². The van der Waals surface area contributed by atoms with Gasteiger partial charge in [0.05, 0.1) is 0 Å². The molecule has 0 atom stereocenters. The van der Waals surface area contributed by atoms with E-state index in [0.29, 0.717) is 0 Å². The molecule has 0 bridgehead atoms. The SMILES string of the molecule is CCCN(C)CCOc1ccccc1C. The molecule has 0 saturated carbocycles. The van der Waals surface area contributed by atoms with Gasteiger partial charge in [-0.05, 0) is 38.6 Å². The smallest absolute Gasteiger partial charge is 0.122 e. The van der Waals surface area contributed by atoms with Gasteiger partial charge in [0.1, 0.15) is 12.4 Å². The van der Waals surface area contributed by atoms with Gasteiger partial charge in [0.2, 0.25) is 0 Å². The molecule has 0 saturated heterocycles. The summed E-state index contributed by atoms with van der Waals surface area (Å²) in [7, 11) is 2.13. The van der Waals surface area contributed by atoms with Crippen molar-refractivity contribution in [1.82, 2.24) is 4.90 Å². The first kappa shape index (κ1) is 12.1. The number of rotatable bonds is 6. The van der Waals surface area contributed by atoms with Crippen molar-refractivity contribution in [2.75, 3.05) is 26.7 Å². The zero-order valence-electron chi connectivity index (χ0n) is 9.99. The zero-order valence-corrected chi connectivity index (χ0v) is 9.99. The van der Waals surface area contributed by atoms with Crippen LogP contribution >= 0.6 is 0 Å². The molecular weight excluding hydrogens is 186 g/mol. The summed E-state index contributed by atoms with van der Waals surface area (Å²) in [4.78, 5) is 2.29. The fourth-order valence-electron chi connectivity index (χ4n) is 1.52. The van der Waals surface area contributed by atoms with E-state index in [9.17, 15) is 0 Å². The molecule has 0 aliphatic heterocycles. The fourth-order valence-corrected chi connectivity index (χ4v) is 1.52.